The highest BCUT2D eigenvalue weighted by molar-refractivity contribution is 7.15. The molecule has 0 aliphatic heterocycles. The number of pyridine rings is 1. The molecule has 0 saturated heterocycles. The van der Waals surface area contributed by atoms with E-state index in [2.05, 4.69) is 15.5 Å². The van der Waals surface area contributed by atoms with Gasteiger partial charge in [-0.3, -0.25) is 29.6 Å². The number of carbonyl (C=O) groups is 1. The summed E-state index contributed by atoms with van der Waals surface area (Å²) >= 11 is 1.14. The first-order valence-electron chi connectivity index (χ1n) is 6.37. The van der Waals surface area contributed by atoms with E-state index in [1.54, 1.807) is 0 Å². The molecule has 0 aliphatic rings. The summed E-state index contributed by atoms with van der Waals surface area (Å²) in [5, 5.41) is 21.8. The van der Waals surface area contributed by atoms with Crippen molar-refractivity contribution in [2.45, 2.75) is 20.1 Å². The van der Waals surface area contributed by atoms with Crippen molar-refractivity contribution < 1.29 is 14.5 Å². The van der Waals surface area contributed by atoms with Gasteiger partial charge in [-0.1, -0.05) is 11.3 Å². The smallest absolute Gasteiger partial charge is 0.288 e. The summed E-state index contributed by atoms with van der Waals surface area (Å²) in [7, 11) is 1.51. The zero-order valence-corrected chi connectivity index (χ0v) is 13.1. The van der Waals surface area contributed by atoms with Crippen molar-refractivity contribution in [1.82, 2.24) is 14.8 Å². The summed E-state index contributed by atoms with van der Waals surface area (Å²) in [6.45, 7) is 1.37. The van der Waals surface area contributed by atoms with Gasteiger partial charge in [0.25, 0.3) is 11.2 Å². The summed E-state index contributed by atoms with van der Waals surface area (Å²) < 4.78 is 5.86. The Hall–Kier alpha value is -2.66. The van der Waals surface area contributed by atoms with Gasteiger partial charge in [-0.25, -0.2) is 0 Å². The van der Waals surface area contributed by atoms with Crippen LogP contribution in [0, 0.1) is 17.0 Å². The molecular formula is C12H13N5O5S. The average Bonchev–Trinajstić information content (AvgIpc) is 2.89. The second kappa shape index (κ2) is 7.07. The number of nitrogens with one attached hydrogen (secondary N) is 1. The van der Waals surface area contributed by atoms with Crippen LogP contribution in [0.15, 0.2) is 17.1 Å². The standard InChI is InChI=1S/C12H13N5O5S/c1-7-3-11(19)16(4-8(7)17(20)21)5-9(18)13-12-15-14-10(23-12)6-22-2/h3-4H,5-6H2,1-2H3,(H,13,15,18). The molecule has 0 saturated carbocycles. The predicted molar refractivity (Wildman–Crippen MR) is 81.3 cm³/mol. The fourth-order valence-electron chi connectivity index (χ4n) is 1.77. The van der Waals surface area contributed by atoms with Gasteiger partial charge in [0.2, 0.25) is 11.0 Å². The molecule has 0 unspecified atom stereocenters. The van der Waals surface area contributed by atoms with Gasteiger partial charge in [-0.05, 0) is 6.92 Å². The molecule has 11 heteroatoms. The molecule has 1 N–H and O–H groups in total. The Morgan fingerprint density at radius 1 is 1.52 bits per heavy atom. The van der Waals surface area contributed by atoms with E-state index in [-0.39, 0.29) is 29.5 Å². The third-order valence-corrected chi connectivity index (χ3v) is 3.61. The van der Waals surface area contributed by atoms with Crippen molar-refractivity contribution in [3.63, 3.8) is 0 Å². The molecule has 23 heavy (non-hydrogen) atoms. The van der Waals surface area contributed by atoms with Crippen molar-refractivity contribution in [1.29, 1.82) is 0 Å². The van der Waals surface area contributed by atoms with Crippen LogP contribution >= 0.6 is 11.3 Å². The highest BCUT2D eigenvalue weighted by Crippen LogP contribution is 2.16. The maximum absolute atomic E-state index is 11.9. The molecular weight excluding hydrogens is 326 g/mol. The monoisotopic (exact) mass is 339 g/mol. The molecule has 0 spiro atoms. The van der Waals surface area contributed by atoms with Gasteiger partial charge in [0.05, 0.1) is 11.1 Å². The van der Waals surface area contributed by atoms with Crippen molar-refractivity contribution in [3.8, 4) is 0 Å². The number of aryl methyl sites for hydroxylation is 1. The summed E-state index contributed by atoms with van der Waals surface area (Å²) in [5.41, 5.74) is -0.485. The van der Waals surface area contributed by atoms with Crippen molar-refractivity contribution in [2.75, 3.05) is 12.4 Å². The fourth-order valence-corrected chi connectivity index (χ4v) is 2.50. The molecule has 0 fully saturated rings. The number of methoxy groups -OCH3 is 1. The number of nitrogens with zero attached hydrogens (tertiary/aromatic N) is 4. The topological polar surface area (TPSA) is 129 Å². The third kappa shape index (κ3) is 4.17. The Labute approximate surface area is 133 Å². The minimum atomic E-state index is -0.606. The van der Waals surface area contributed by atoms with Gasteiger partial charge in [0, 0.05) is 18.7 Å². The van der Waals surface area contributed by atoms with Crippen LogP contribution < -0.4 is 10.9 Å². The maximum atomic E-state index is 11.9. The number of ether oxygens (including phenoxy) is 1. The molecule has 0 aromatic carbocycles. The number of aromatic nitrogens is 3. The highest BCUT2D eigenvalue weighted by atomic mass is 32.1. The molecule has 0 bridgehead atoms. The van der Waals surface area contributed by atoms with E-state index in [4.69, 9.17) is 4.74 Å². The first-order chi connectivity index (χ1) is 10.9. The van der Waals surface area contributed by atoms with E-state index in [0.29, 0.717) is 5.01 Å². The van der Waals surface area contributed by atoms with Crippen LogP contribution in [0.25, 0.3) is 0 Å². The number of nitro groups is 1. The third-order valence-electron chi connectivity index (χ3n) is 2.80. The lowest BCUT2D eigenvalue weighted by atomic mass is 10.2. The van der Waals surface area contributed by atoms with Crippen LogP contribution in [0.2, 0.25) is 0 Å². The van der Waals surface area contributed by atoms with Gasteiger partial charge in [-0.2, -0.15) is 0 Å². The van der Waals surface area contributed by atoms with Crippen molar-refractivity contribution >= 4 is 28.1 Å². The van der Waals surface area contributed by atoms with Crippen LogP contribution in [-0.2, 0) is 22.7 Å². The minimum Gasteiger partial charge on any atom is -0.377 e. The zero-order valence-electron chi connectivity index (χ0n) is 12.3. The highest BCUT2D eigenvalue weighted by Gasteiger charge is 2.15. The van der Waals surface area contributed by atoms with Crippen LogP contribution in [0.3, 0.4) is 0 Å². The van der Waals surface area contributed by atoms with E-state index in [0.717, 1.165) is 28.2 Å². The lowest BCUT2D eigenvalue weighted by Crippen LogP contribution is -2.27. The first kappa shape index (κ1) is 16.7. The number of anilines is 1. The van der Waals surface area contributed by atoms with Crippen molar-refractivity contribution in [3.05, 3.63) is 43.3 Å². The van der Waals surface area contributed by atoms with Gasteiger partial charge in [0.15, 0.2) is 0 Å². The van der Waals surface area contributed by atoms with E-state index in [9.17, 15) is 19.7 Å². The summed E-state index contributed by atoms with van der Waals surface area (Å²) in [4.78, 5) is 34.0. The van der Waals surface area contributed by atoms with E-state index < -0.39 is 16.4 Å². The Morgan fingerprint density at radius 2 is 2.26 bits per heavy atom. The average molecular weight is 339 g/mol. The molecule has 10 nitrogen and oxygen atoms in total. The number of hydrogen-bond donors (Lipinski definition) is 1. The van der Waals surface area contributed by atoms with Gasteiger partial charge < -0.3 is 4.74 Å². The predicted octanol–water partition coefficient (Wildman–Crippen LogP) is 0.702. The number of carbonyl (C=O) groups excluding carboxylic acids is 1. The quantitative estimate of drug-likeness (QED) is 0.605. The van der Waals surface area contributed by atoms with E-state index in [1.165, 1.54) is 14.0 Å². The molecule has 2 aromatic heterocycles. The second-order valence-electron chi connectivity index (χ2n) is 4.55. The SMILES string of the molecule is COCc1nnc(NC(=O)Cn2cc([N+](=O)[O-])c(C)cc2=O)s1. The molecule has 2 heterocycles. The normalized spacial score (nSPS) is 10.5. The number of rotatable bonds is 6. The summed E-state index contributed by atoms with van der Waals surface area (Å²) in [6.07, 6.45) is 1.05. The molecule has 2 rings (SSSR count). The van der Waals surface area contributed by atoms with Crippen LogP contribution in [0.4, 0.5) is 10.8 Å². The molecule has 0 radical (unpaired) electrons. The van der Waals surface area contributed by atoms with Crippen LogP contribution in [-0.4, -0.2) is 32.7 Å². The largest absolute Gasteiger partial charge is 0.377 e. The maximum Gasteiger partial charge on any atom is 0.288 e. The van der Waals surface area contributed by atoms with E-state index in [1.807, 2.05) is 0 Å². The van der Waals surface area contributed by atoms with Gasteiger partial charge in [-0.15, -0.1) is 10.2 Å². The number of hydrogen-bond acceptors (Lipinski definition) is 8. The summed E-state index contributed by atoms with van der Waals surface area (Å²) in [5.74, 6) is -0.537. The first-order valence-corrected chi connectivity index (χ1v) is 7.19. The molecule has 1 amide bonds. The molecule has 0 atom stereocenters. The Kier molecular flexibility index (Phi) is 5.13. The number of amides is 1. The van der Waals surface area contributed by atoms with Crippen LogP contribution in [0.1, 0.15) is 10.6 Å². The van der Waals surface area contributed by atoms with Crippen LogP contribution in [0.5, 0.6) is 0 Å². The van der Waals surface area contributed by atoms with Gasteiger partial charge >= 0.3 is 0 Å². The molecule has 2 aromatic rings. The van der Waals surface area contributed by atoms with Gasteiger partial charge in [0.1, 0.15) is 18.2 Å². The lowest BCUT2D eigenvalue weighted by Gasteiger charge is -2.06. The van der Waals surface area contributed by atoms with E-state index >= 15 is 0 Å². The van der Waals surface area contributed by atoms with Crippen molar-refractivity contribution in [2.24, 2.45) is 0 Å². The Morgan fingerprint density at radius 3 is 2.91 bits per heavy atom. The fraction of sp³-hybridized carbons (Fsp3) is 0.333. The Bertz CT molecular complexity index is 799. The Balaban J connectivity index is 2.12. The minimum absolute atomic E-state index is 0.226. The lowest BCUT2D eigenvalue weighted by molar-refractivity contribution is -0.385. The second-order valence-corrected chi connectivity index (χ2v) is 5.61. The molecule has 122 valence electrons. The summed E-state index contributed by atoms with van der Waals surface area (Å²) in [6, 6.07) is 1.12. The zero-order chi connectivity index (χ0) is 17.0. The molecule has 0 aliphatic carbocycles.